The molecule has 0 spiro atoms. The number of hydrogen-bond donors (Lipinski definition) is 2. The molecule has 0 aromatic heterocycles. The molecule has 21 heavy (non-hydrogen) atoms. The number of carbonyl (C=O) groups is 1. The summed E-state index contributed by atoms with van der Waals surface area (Å²) in [5.74, 6) is 0.00352. The highest BCUT2D eigenvalue weighted by atomic mass is 16.2. The van der Waals surface area contributed by atoms with Gasteiger partial charge in [0.1, 0.15) is 6.04 Å². The molecule has 4 nitrogen and oxygen atoms in total. The minimum absolute atomic E-state index is 0.00352. The van der Waals surface area contributed by atoms with Crippen molar-refractivity contribution < 1.29 is 4.79 Å². The number of rotatable bonds is 3. The molecule has 4 heteroatoms. The predicted octanol–water partition coefficient (Wildman–Crippen LogP) is 2.73. The number of para-hydroxylation sites is 1. The van der Waals surface area contributed by atoms with Crippen LogP contribution >= 0.6 is 0 Å². The lowest BCUT2D eigenvalue weighted by atomic mass is 10.1. The lowest BCUT2D eigenvalue weighted by molar-refractivity contribution is -0.116. The molecule has 2 aromatic rings. The fourth-order valence-corrected chi connectivity index (χ4v) is 2.53. The van der Waals surface area contributed by atoms with Crippen LogP contribution in [0.5, 0.6) is 0 Å². The second-order valence-electron chi connectivity index (χ2n) is 5.49. The maximum Gasteiger partial charge on any atom is 0.247 e. The second-order valence-corrected chi connectivity index (χ2v) is 5.49. The number of anilines is 3. The van der Waals surface area contributed by atoms with Crippen LogP contribution in [0, 0.1) is 0 Å². The van der Waals surface area contributed by atoms with Crippen molar-refractivity contribution in [1.82, 2.24) is 0 Å². The summed E-state index contributed by atoms with van der Waals surface area (Å²) in [7, 11) is 3.99. The zero-order valence-electron chi connectivity index (χ0n) is 12.3. The first-order valence-corrected chi connectivity index (χ1v) is 7.06. The van der Waals surface area contributed by atoms with Crippen LogP contribution in [0.1, 0.15) is 5.56 Å². The number of hydrogen-bond acceptors (Lipinski definition) is 3. The van der Waals surface area contributed by atoms with Crippen molar-refractivity contribution in [2.45, 2.75) is 12.5 Å². The first-order valence-electron chi connectivity index (χ1n) is 7.06. The standard InChI is InChI=1S/C17H19N3O/c1-20(2)14-9-7-13(8-10-14)18-17(21)16-11-12-5-3-4-6-15(12)19-16/h3-10,16,19H,11H2,1-2H3,(H,18,21)/t16-/m0/s1. The Morgan fingerprint density at radius 1 is 1.14 bits per heavy atom. The molecule has 0 unspecified atom stereocenters. The summed E-state index contributed by atoms with van der Waals surface area (Å²) >= 11 is 0. The first-order chi connectivity index (χ1) is 10.1. The Balaban J connectivity index is 1.65. The fourth-order valence-electron chi connectivity index (χ4n) is 2.53. The zero-order chi connectivity index (χ0) is 14.8. The normalized spacial score (nSPS) is 16.0. The van der Waals surface area contributed by atoms with Crippen molar-refractivity contribution in [3.05, 3.63) is 54.1 Å². The summed E-state index contributed by atoms with van der Waals surface area (Å²) in [6, 6.07) is 15.7. The summed E-state index contributed by atoms with van der Waals surface area (Å²) in [5, 5.41) is 6.23. The molecule has 0 radical (unpaired) electrons. The Labute approximate surface area is 124 Å². The highest BCUT2D eigenvalue weighted by molar-refractivity contribution is 5.98. The highest BCUT2D eigenvalue weighted by Crippen LogP contribution is 2.26. The van der Waals surface area contributed by atoms with Crippen LogP contribution in [0.4, 0.5) is 17.1 Å². The number of carbonyl (C=O) groups excluding carboxylic acids is 1. The van der Waals surface area contributed by atoms with E-state index in [0.717, 1.165) is 23.5 Å². The summed E-state index contributed by atoms with van der Waals surface area (Å²) < 4.78 is 0. The lowest BCUT2D eigenvalue weighted by Gasteiger charge is -2.15. The molecule has 1 heterocycles. The number of amides is 1. The van der Waals surface area contributed by atoms with E-state index in [1.807, 2.05) is 61.5 Å². The molecule has 2 N–H and O–H groups in total. The molecule has 0 fully saturated rings. The van der Waals surface area contributed by atoms with E-state index >= 15 is 0 Å². The van der Waals surface area contributed by atoms with Crippen LogP contribution in [0.15, 0.2) is 48.5 Å². The topological polar surface area (TPSA) is 44.4 Å². The van der Waals surface area contributed by atoms with E-state index in [1.165, 1.54) is 5.56 Å². The Bertz CT molecular complexity index is 624. The van der Waals surface area contributed by atoms with Gasteiger partial charge in [0.2, 0.25) is 5.91 Å². The Kier molecular flexibility index (Phi) is 3.52. The maximum absolute atomic E-state index is 12.3. The Morgan fingerprint density at radius 3 is 2.52 bits per heavy atom. The van der Waals surface area contributed by atoms with E-state index in [0.29, 0.717) is 0 Å². The summed E-state index contributed by atoms with van der Waals surface area (Å²) in [6.45, 7) is 0. The number of fused-ring (bicyclic) bond motifs is 1. The number of nitrogens with one attached hydrogen (secondary N) is 2. The van der Waals surface area contributed by atoms with Gasteiger partial charge in [-0.1, -0.05) is 18.2 Å². The molecule has 1 amide bonds. The smallest absolute Gasteiger partial charge is 0.247 e. The minimum Gasteiger partial charge on any atom is -0.378 e. The van der Waals surface area contributed by atoms with E-state index in [1.54, 1.807) is 0 Å². The summed E-state index contributed by atoms with van der Waals surface area (Å²) in [4.78, 5) is 14.3. The minimum atomic E-state index is -0.198. The molecule has 0 bridgehead atoms. The fraction of sp³-hybridized carbons (Fsp3) is 0.235. The van der Waals surface area contributed by atoms with Gasteiger partial charge in [0.15, 0.2) is 0 Å². The molecular weight excluding hydrogens is 262 g/mol. The molecule has 2 aromatic carbocycles. The molecule has 1 atom stereocenters. The molecule has 3 rings (SSSR count). The highest BCUT2D eigenvalue weighted by Gasteiger charge is 2.26. The van der Waals surface area contributed by atoms with Crippen LogP contribution in [-0.4, -0.2) is 26.0 Å². The van der Waals surface area contributed by atoms with E-state index in [9.17, 15) is 4.79 Å². The summed E-state index contributed by atoms with van der Waals surface area (Å²) in [6.07, 6.45) is 0.734. The average molecular weight is 281 g/mol. The van der Waals surface area contributed by atoms with Gasteiger partial charge in [-0.3, -0.25) is 4.79 Å². The van der Waals surface area contributed by atoms with Crippen molar-refractivity contribution in [2.75, 3.05) is 29.6 Å². The monoisotopic (exact) mass is 281 g/mol. The van der Waals surface area contributed by atoms with Crippen molar-refractivity contribution >= 4 is 23.0 Å². The van der Waals surface area contributed by atoms with Gasteiger partial charge in [-0.25, -0.2) is 0 Å². The quantitative estimate of drug-likeness (QED) is 0.909. The van der Waals surface area contributed by atoms with Crippen LogP contribution in [0.2, 0.25) is 0 Å². The van der Waals surface area contributed by atoms with Crippen LogP contribution in [0.3, 0.4) is 0 Å². The van der Waals surface area contributed by atoms with Gasteiger partial charge in [-0.15, -0.1) is 0 Å². The molecule has 1 aliphatic heterocycles. The van der Waals surface area contributed by atoms with E-state index in [-0.39, 0.29) is 11.9 Å². The zero-order valence-corrected chi connectivity index (χ0v) is 12.3. The van der Waals surface area contributed by atoms with Gasteiger partial charge in [0.05, 0.1) is 0 Å². The van der Waals surface area contributed by atoms with Gasteiger partial charge in [-0.05, 0) is 35.9 Å². The molecule has 108 valence electrons. The van der Waals surface area contributed by atoms with Crippen LogP contribution in [-0.2, 0) is 11.2 Å². The Hall–Kier alpha value is -2.49. The van der Waals surface area contributed by atoms with Crippen molar-refractivity contribution in [2.24, 2.45) is 0 Å². The summed E-state index contributed by atoms with van der Waals surface area (Å²) in [5.41, 5.74) is 4.18. The molecule has 0 saturated carbocycles. The number of nitrogens with zero attached hydrogens (tertiary/aromatic N) is 1. The van der Waals surface area contributed by atoms with Crippen molar-refractivity contribution in [3.8, 4) is 0 Å². The molecular formula is C17H19N3O. The van der Waals surface area contributed by atoms with Crippen molar-refractivity contribution in [1.29, 1.82) is 0 Å². The first kappa shape index (κ1) is 13.5. The van der Waals surface area contributed by atoms with Gasteiger partial charge >= 0.3 is 0 Å². The van der Waals surface area contributed by atoms with E-state index in [4.69, 9.17) is 0 Å². The van der Waals surface area contributed by atoms with Crippen LogP contribution in [0.25, 0.3) is 0 Å². The third-order valence-corrected chi connectivity index (χ3v) is 3.74. The van der Waals surface area contributed by atoms with Crippen molar-refractivity contribution in [3.63, 3.8) is 0 Å². The van der Waals surface area contributed by atoms with Gasteiger partial charge < -0.3 is 15.5 Å². The number of benzene rings is 2. The molecule has 1 aliphatic rings. The Morgan fingerprint density at radius 2 is 1.86 bits per heavy atom. The largest absolute Gasteiger partial charge is 0.378 e. The van der Waals surface area contributed by atoms with Crippen LogP contribution < -0.4 is 15.5 Å². The average Bonchev–Trinajstić information content (AvgIpc) is 2.92. The third-order valence-electron chi connectivity index (χ3n) is 3.74. The third kappa shape index (κ3) is 2.84. The lowest BCUT2D eigenvalue weighted by Crippen LogP contribution is -2.32. The van der Waals surface area contributed by atoms with E-state index in [2.05, 4.69) is 16.7 Å². The second kappa shape index (κ2) is 5.48. The van der Waals surface area contributed by atoms with Gasteiger partial charge in [0.25, 0.3) is 0 Å². The van der Waals surface area contributed by atoms with Gasteiger partial charge in [0, 0.05) is 37.6 Å². The molecule has 0 aliphatic carbocycles. The van der Waals surface area contributed by atoms with Gasteiger partial charge in [-0.2, -0.15) is 0 Å². The SMILES string of the molecule is CN(C)c1ccc(NC(=O)[C@@H]2Cc3ccccc3N2)cc1. The maximum atomic E-state index is 12.3. The van der Waals surface area contributed by atoms with E-state index < -0.39 is 0 Å². The molecule has 0 saturated heterocycles. The predicted molar refractivity (Wildman–Crippen MR) is 87.0 cm³/mol.